The predicted octanol–water partition coefficient (Wildman–Crippen LogP) is 4.53. The third-order valence-corrected chi connectivity index (χ3v) is 4.53. The number of hydrogen-bond acceptors (Lipinski definition) is 2. The van der Waals surface area contributed by atoms with Crippen LogP contribution in [0.15, 0.2) is 46.9 Å². The van der Waals surface area contributed by atoms with Crippen LogP contribution in [0.5, 0.6) is 5.75 Å². The van der Waals surface area contributed by atoms with Crippen molar-refractivity contribution < 1.29 is 4.74 Å². The van der Waals surface area contributed by atoms with Crippen LogP contribution >= 0.6 is 15.9 Å². The molecule has 0 saturated carbocycles. The van der Waals surface area contributed by atoms with Gasteiger partial charge in [0.2, 0.25) is 0 Å². The topological polar surface area (TPSA) is 35.2 Å². The first-order valence-corrected chi connectivity index (χ1v) is 7.52. The number of nitrogens with two attached hydrogens (primary N) is 1. The summed E-state index contributed by atoms with van der Waals surface area (Å²) >= 11 is 3.57. The van der Waals surface area contributed by atoms with E-state index in [4.69, 9.17) is 10.5 Å². The summed E-state index contributed by atoms with van der Waals surface area (Å²) in [5, 5.41) is 0. The lowest BCUT2D eigenvalue weighted by Gasteiger charge is -2.23. The van der Waals surface area contributed by atoms with E-state index < -0.39 is 0 Å². The van der Waals surface area contributed by atoms with Crippen LogP contribution in [0.25, 0.3) is 0 Å². The van der Waals surface area contributed by atoms with Crippen molar-refractivity contribution in [3.8, 4) is 5.75 Å². The predicted molar refractivity (Wildman–Crippen MR) is 87.1 cm³/mol. The van der Waals surface area contributed by atoms with E-state index >= 15 is 0 Å². The molecule has 0 aliphatic carbocycles. The SMILES string of the molecule is Cc1cc(OC(c2ccccc2)C(C)N)cc(C)c1Br. The van der Waals surface area contributed by atoms with Crippen LogP contribution in [-0.4, -0.2) is 6.04 Å². The fourth-order valence-electron chi connectivity index (χ4n) is 2.24. The molecule has 2 rings (SSSR count). The Morgan fingerprint density at radius 3 is 2.10 bits per heavy atom. The lowest BCUT2D eigenvalue weighted by Crippen LogP contribution is -2.29. The minimum absolute atomic E-state index is 0.0818. The Bertz CT molecular complexity index is 558. The van der Waals surface area contributed by atoms with Crippen LogP contribution in [0.2, 0.25) is 0 Å². The lowest BCUT2D eigenvalue weighted by atomic mass is 10.0. The maximum Gasteiger partial charge on any atom is 0.138 e. The Hall–Kier alpha value is -1.32. The van der Waals surface area contributed by atoms with Gasteiger partial charge in [-0.1, -0.05) is 46.3 Å². The van der Waals surface area contributed by atoms with Gasteiger partial charge in [-0.05, 0) is 49.6 Å². The van der Waals surface area contributed by atoms with Gasteiger partial charge >= 0.3 is 0 Å². The van der Waals surface area contributed by atoms with Crippen molar-refractivity contribution in [2.75, 3.05) is 0 Å². The summed E-state index contributed by atoms with van der Waals surface area (Å²) < 4.78 is 7.26. The van der Waals surface area contributed by atoms with Crippen molar-refractivity contribution in [3.63, 3.8) is 0 Å². The molecule has 0 bridgehead atoms. The summed E-state index contributed by atoms with van der Waals surface area (Å²) in [6.07, 6.45) is -0.142. The molecule has 2 nitrogen and oxygen atoms in total. The molecule has 2 N–H and O–H groups in total. The molecule has 0 radical (unpaired) electrons. The number of ether oxygens (including phenoxy) is 1. The average Bonchev–Trinajstić information content (AvgIpc) is 2.42. The maximum atomic E-state index is 6.13. The van der Waals surface area contributed by atoms with Crippen molar-refractivity contribution >= 4 is 15.9 Å². The molecule has 0 aliphatic rings. The molecule has 2 aromatic carbocycles. The Kier molecular flexibility index (Phi) is 4.84. The lowest BCUT2D eigenvalue weighted by molar-refractivity contribution is 0.180. The largest absolute Gasteiger partial charge is 0.484 e. The highest BCUT2D eigenvalue weighted by atomic mass is 79.9. The van der Waals surface area contributed by atoms with E-state index in [2.05, 4.69) is 29.8 Å². The Balaban J connectivity index is 2.30. The van der Waals surface area contributed by atoms with Gasteiger partial charge in [0, 0.05) is 10.5 Å². The normalized spacial score (nSPS) is 13.8. The van der Waals surface area contributed by atoms with Crippen LogP contribution in [0.3, 0.4) is 0 Å². The summed E-state index contributed by atoms with van der Waals surface area (Å²) in [5.74, 6) is 0.856. The Morgan fingerprint density at radius 1 is 1.05 bits per heavy atom. The first-order chi connectivity index (χ1) is 9.49. The zero-order chi connectivity index (χ0) is 14.7. The van der Waals surface area contributed by atoms with Gasteiger partial charge in [0.1, 0.15) is 11.9 Å². The van der Waals surface area contributed by atoms with Gasteiger partial charge in [0.05, 0.1) is 0 Å². The standard InChI is InChI=1S/C17H20BrNO/c1-11-9-15(10-12(2)16(11)18)20-17(13(3)19)14-7-5-4-6-8-14/h4-10,13,17H,19H2,1-3H3. The van der Waals surface area contributed by atoms with Crippen molar-refractivity contribution in [2.24, 2.45) is 5.73 Å². The summed E-state index contributed by atoms with van der Waals surface area (Å²) in [6, 6.07) is 14.1. The first-order valence-electron chi connectivity index (χ1n) is 6.73. The number of benzene rings is 2. The van der Waals surface area contributed by atoms with Crippen molar-refractivity contribution in [2.45, 2.75) is 32.9 Å². The summed E-state index contributed by atoms with van der Waals surface area (Å²) in [5.41, 5.74) is 9.51. The second kappa shape index (κ2) is 6.42. The number of hydrogen-bond donors (Lipinski definition) is 1. The van der Waals surface area contributed by atoms with E-state index in [1.807, 2.05) is 49.4 Å². The highest BCUT2D eigenvalue weighted by Gasteiger charge is 2.18. The zero-order valence-electron chi connectivity index (χ0n) is 12.1. The van der Waals surface area contributed by atoms with Crippen molar-refractivity contribution in [1.29, 1.82) is 0 Å². The average molecular weight is 334 g/mol. The smallest absolute Gasteiger partial charge is 0.138 e. The molecule has 0 heterocycles. The summed E-state index contributed by atoms with van der Waals surface area (Å²) in [7, 11) is 0. The van der Waals surface area contributed by atoms with E-state index in [1.165, 1.54) is 0 Å². The fourth-order valence-corrected chi connectivity index (χ4v) is 2.47. The molecule has 0 saturated heterocycles. The monoisotopic (exact) mass is 333 g/mol. The quantitative estimate of drug-likeness (QED) is 0.891. The molecular formula is C17H20BrNO. The number of halogens is 1. The van der Waals surface area contributed by atoms with Crippen LogP contribution in [-0.2, 0) is 0 Å². The molecule has 0 spiro atoms. The molecule has 3 heteroatoms. The van der Waals surface area contributed by atoms with E-state index in [1.54, 1.807) is 0 Å². The second-order valence-corrected chi connectivity index (χ2v) is 5.97. The molecule has 106 valence electrons. The van der Waals surface area contributed by atoms with Gasteiger partial charge in [0.15, 0.2) is 0 Å². The van der Waals surface area contributed by atoms with Gasteiger partial charge in [-0.15, -0.1) is 0 Å². The van der Waals surface area contributed by atoms with Crippen molar-refractivity contribution in [3.05, 3.63) is 63.6 Å². The second-order valence-electron chi connectivity index (χ2n) is 5.18. The first kappa shape index (κ1) is 15.1. The van der Waals surface area contributed by atoms with Gasteiger partial charge < -0.3 is 10.5 Å². The molecule has 0 aromatic heterocycles. The van der Waals surface area contributed by atoms with Gasteiger partial charge in [-0.2, -0.15) is 0 Å². The van der Waals surface area contributed by atoms with E-state index in [0.29, 0.717) is 0 Å². The maximum absolute atomic E-state index is 6.13. The minimum Gasteiger partial charge on any atom is -0.484 e. The highest BCUT2D eigenvalue weighted by molar-refractivity contribution is 9.10. The summed E-state index contributed by atoms with van der Waals surface area (Å²) in [6.45, 7) is 6.09. The molecule has 2 atom stereocenters. The Morgan fingerprint density at radius 2 is 1.60 bits per heavy atom. The molecule has 0 aliphatic heterocycles. The molecule has 2 unspecified atom stereocenters. The van der Waals surface area contributed by atoms with Crippen LogP contribution in [0, 0.1) is 13.8 Å². The molecular weight excluding hydrogens is 314 g/mol. The van der Waals surface area contributed by atoms with Crippen LogP contribution < -0.4 is 10.5 Å². The summed E-state index contributed by atoms with van der Waals surface area (Å²) in [4.78, 5) is 0. The Labute approximate surface area is 129 Å². The molecule has 20 heavy (non-hydrogen) atoms. The number of aryl methyl sites for hydroxylation is 2. The highest BCUT2D eigenvalue weighted by Crippen LogP contribution is 2.30. The van der Waals surface area contributed by atoms with E-state index in [9.17, 15) is 0 Å². The fraction of sp³-hybridized carbons (Fsp3) is 0.294. The molecule has 2 aromatic rings. The van der Waals surface area contributed by atoms with Crippen LogP contribution in [0.1, 0.15) is 29.7 Å². The minimum atomic E-state index is -0.142. The van der Waals surface area contributed by atoms with Gasteiger partial charge in [0.25, 0.3) is 0 Å². The third kappa shape index (κ3) is 3.41. The van der Waals surface area contributed by atoms with E-state index in [0.717, 1.165) is 26.9 Å². The zero-order valence-corrected chi connectivity index (χ0v) is 13.6. The third-order valence-electron chi connectivity index (χ3n) is 3.28. The van der Waals surface area contributed by atoms with Crippen molar-refractivity contribution in [1.82, 2.24) is 0 Å². The van der Waals surface area contributed by atoms with E-state index in [-0.39, 0.29) is 12.1 Å². The molecule has 0 fully saturated rings. The van der Waals surface area contributed by atoms with Crippen LogP contribution in [0.4, 0.5) is 0 Å². The van der Waals surface area contributed by atoms with Gasteiger partial charge in [-0.3, -0.25) is 0 Å². The van der Waals surface area contributed by atoms with Gasteiger partial charge in [-0.25, -0.2) is 0 Å². The molecule has 0 amide bonds. The number of rotatable bonds is 4.